The molecule has 0 spiro atoms. The van der Waals surface area contributed by atoms with Gasteiger partial charge in [-0.3, -0.25) is 14.9 Å². The van der Waals surface area contributed by atoms with E-state index in [2.05, 4.69) is 40.4 Å². The van der Waals surface area contributed by atoms with Gasteiger partial charge in [-0.1, -0.05) is 30.3 Å². The van der Waals surface area contributed by atoms with E-state index in [0.717, 1.165) is 22.8 Å². The number of amides is 1. The van der Waals surface area contributed by atoms with Crippen LogP contribution in [0.25, 0.3) is 56.0 Å². The van der Waals surface area contributed by atoms with Gasteiger partial charge in [0.1, 0.15) is 17.3 Å². The molecule has 0 saturated carbocycles. The molecule has 42 heavy (non-hydrogen) atoms. The number of benzene rings is 2. The minimum absolute atomic E-state index is 0.142. The Balaban J connectivity index is 1.22. The van der Waals surface area contributed by atoms with Gasteiger partial charge in [-0.15, -0.1) is 0 Å². The smallest absolute Gasteiger partial charge is 0.228 e. The second-order valence-electron chi connectivity index (χ2n) is 9.71. The molecule has 0 aliphatic carbocycles. The molecule has 0 saturated heterocycles. The molecule has 11 heteroatoms. The van der Waals surface area contributed by atoms with Gasteiger partial charge < -0.3 is 15.4 Å². The molecule has 1 amide bonds. The quantitative estimate of drug-likeness (QED) is 0.207. The molecule has 2 aromatic carbocycles. The second-order valence-corrected chi connectivity index (χ2v) is 9.71. The van der Waals surface area contributed by atoms with Crippen molar-refractivity contribution in [1.82, 2.24) is 35.1 Å². The molecular formula is C31H21FN8O2. The first kappa shape index (κ1) is 25.0. The summed E-state index contributed by atoms with van der Waals surface area (Å²) in [5.41, 5.74) is 6.20. The SMILES string of the molecule is O=C(Cc1ccccc1)Nc1cncc(-c2cnc3n[nH]c(-c4nc5nccc(-c6cc(O)cc(F)c6)c5[nH]4)c3c2)c1. The van der Waals surface area contributed by atoms with Gasteiger partial charge in [0.25, 0.3) is 0 Å². The summed E-state index contributed by atoms with van der Waals surface area (Å²) in [5.74, 6) is -0.409. The van der Waals surface area contributed by atoms with Crippen molar-refractivity contribution in [3.05, 3.63) is 103 Å². The van der Waals surface area contributed by atoms with E-state index in [1.807, 2.05) is 42.5 Å². The summed E-state index contributed by atoms with van der Waals surface area (Å²) >= 11 is 0. The zero-order valence-electron chi connectivity index (χ0n) is 21.8. The van der Waals surface area contributed by atoms with Gasteiger partial charge in [0.05, 0.1) is 29.2 Å². The molecule has 0 radical (unpaired) electrons. The van der Waals surface area contributed by atoms with Crippen molar-refractivity contribution in [3.63, 3.8) is 0 Å². The van der Waals surface area contributed by atoms with Crippen LogP contribution in [0.3, 0.4) is 0 Å². The molecule has 0 unspecified atom stereocenters. The van der Waals surface area contributed by atoms with Crippen molar-refractivity contribution in [2.45, 2.75) is 6.42 Å². The highest BCUT2D eigenvalue weighted by Gasteiger charge is 2.17. The Bertz CT molecular complexity index is 2090. The first-order valence-corrected chi connectivity index (χ1v) is 13.0. The molecule has 0 fully saturated rings. The Morgan fingerprint density at radius 3 is 2.62 bits per heavy atom. The Hall–Kier alpha value is -5.97. The number of fused-ring (bicyclic) bond motifs is 2. The highest BCUT2D eigenvalue weighted by atomic mass is 19.1. The summed E-state index contributed by atoms with van der Waals surface area (Å²) in [6.45, 7) is 0. The number of anilines is 1. The molecule has 7 aromatic rings. The number of nitrogens with zero attached hydrogens (tertiary/aromatic N) is 5. The van der Waals surface area contributed by atoms with E-state index in [0.29, 0.717) is 50.5 Å². The van der Waals surface area contributed by atoms with Crippen LogP contribution >= 0.6 is 0 Å². The number of nitrogens with one attached hydrogen (secondary N) is 3. The minimum atomic E-state index is -0.554. The molecule has 204 valence electrons. The Kier molecular flexibility index (Phi) is 6.08. The maximum atomic E-state index is 14.0. The number of phenols is 1. The van der Waals surface area contributed by atoms with E-state index in [4.69, 9.17) is 0 Å². The lowest BCUT2D eigenvalue weighted by Crippen LogP contribution is -2.14. The standard InChI is InChI=1S/C31H21FN8O2/c32-21-9-18(11-23(41)13-21)24-6-7-34-30-27(24)37-31(38-30)28-25-12-20(15-35-29(25)40-39-28)19-10-22(16-33-14-19)36-26(42)8-17-4-2-1-3-5-17/h1-7,9-16,41H,8H2,(H,36,42)(H,34,37,38)(H,35,39,40). The Morgan fingerprint density at radius 2 is 1.76 bits per heavy atom. The number of H-pyrrole nitrogens is 2. The molecular weight excluding hydrogens is 535 g/mol. The maximum absolute atomic E-state index is 14.0. The summed E-state index contributed by atoms with van der Waals surface area (Å²) in [7, 11) is 0. The predicted molar refractivity (Wildman–Crippen MR) is 156 cm³/mol. The molecule has 0 aliphatic heterocycles. The van der Waals surface area contributed by atoms with Crippen LogP contribution in [0.4, 0.5) is 10.1 Å². The van der Waals surface area contributed by atoms with Crippen LogP contribution in [-0.4, -0.2) is 46.1 Å². The van der Waals surface area contributed by atoms with E-state index < -0.39 is 5.82 Å². The van der Waals surface area contributed by atoms with Crippen molar-refractivity contribution < 1.29 is 14.3 Å². The van der Waals surface area contributed by atoms with Gasteiger partial charge in [0, 0.05) is 41.3 Å². The second kappa shape index (κ2) is 10.2. The molecule has 0 aliphatic rings. The lowest BCUT2D eigenvalue weighted by molar-refractivity contribution is -0.115. The molecule has 5 heterocycles. The number of hydrogen-bond acceptors (Lipinski definition) is 7. The molecule has 0 bridgehead atoms. The highest BCUT2D eigenvalue weighted by Crippen LogP contribution is 2.33. The van der Waals surface area contributed by atoms with Crippen LogP contribution in [0.2, 0.25) is 0 Å². The fourth-order valence-electron chi connectivity index (χ4n) is 4.89. The fourth-order valence-corrected chi connectivity index (χ4v) is 4.89. The Morgan fingerprint density at radius 1 is 0.905 bits per heavy atom. The van der Waals surface area contributed by atoms with Gasteiger partial charge in [-0.25, -0.2) is 19.3 Å². The normalized spacial score (nSPS) is 11.3. The monoisotopic (exact) mass is 556 g/mol. The lowest BCUT2D eigenvalue weighted by Gasteiger charge is -2.07. The van der Waals surface area contributed by atoms with Crippen molar-refractivity contribution in [3.8, 4) is 39.5 Å². The zero-order chi connectivity index (χ0) is 28.6. The predicted octanol–water partition coefficient (Wildman–Crippen LogP) is 5.65. The maximum Gasteiger partial charge on any atom is 0.228 e. The third-order valence-electron chi connectivity index (χ3n) is 6.79. The van der Waals surface area contributed by atoms with Crippen molar-refractivity contribution in [1.29, 1.82) is 0 Å². The number of rotatable bonds is 6. The van der Waals surface area contributed by atoms with Crippen LogP contribution in [0.1, 0.15) is 5.56 Å². The number of pyridine rings is 3. The van der Waals surface area contributed by atoms with E-state index in [9.17, 15) is 14.3 Å². The third kappa shape index (κ3) is 4.79. The summed E-state index contributed by atoms with van der Waals surface area (Å²) in [6, 6.07) is 18.9. The number of phenolic OH excluding ortho intramolecular Hbond substituents is 1. The zero-order valence-corrected chi connectivity index (χ0v) is 21.8. The summed E-state index contributed by atoms with van der Waals surface area (Å²) < 4.78 is 14.0. The van der Waals surface area contributed by atoms with Crippen molar-refractivity contribution in [2.75, 3.05) is 5.32 Å². The third-order valence-corrected chi connectivity index (χ3v) is 6.79. The average Bonchev–Trinajstić information content (AvgIpc) is 3.61. The highest BCUT2D eigenvalue weighted by molar-refractivity contribution is 5.97. The average molecular weight is 557 g/mol. The number of imidazole rings is 1. The van der Waals surface area contributed by atoms with E-state index in [1.165, 1.54) is 12.1 Å². The molecule has 7 rings (SSSR count). The number of aromatic hydroxyl groups is 1. The minimum Gasteiger partial charge on any atom is -0.508 e. The number of carbonyl (C=O) groups is 1. The first-order valence-electron chi connectivity index (χ1n) is 13.0. The fraction of sp³-hybridized carbons (Fsp3) is 0.0323. The van der Waals surface area contributed by atoms with Gasteiger partial charge >= 0.3 is 0 Å². The van der Waals surface area contributed by atoms with Crippen molar-refractivity contribution >= 4 is 33.8 Å². The Labute approximate surface area is 237 Å². The summed E-state index contributed by atoms with van der Waals surface area (Å²) in [4.78, 5) is 33.7. The van der Waals surface area contributed by atoms with Crippen molar-refractivity contribution in [2.24, 2.45) is 0 Å². The summed E-state index contributed by atoms with van der Waals surface area (Å²) in [6.07, 6.45) is 6.81. The van der Waals surface area contributed by atoms with Crippen LogP contribution < -0.4 is 5.32 Å². The first-order chi connectivity index (χ1) is 20.5. The number of aromatic amines is 2. The van der Waals surface area contributed by atoms with E-state index in [-0.39, 0.29) is 18.1 Å². The number of aromatic nitrogens is 7. The number of hydrogen-bond donors (Lipinski definition) is 4. The molecule has 10 nitrogen and oxygen atoms in total. The van der Waals surface area contributed by atoms with Crippen LogP contribution in [0.15, 0.2) is 91.5 Å². The van der Waals surface area contributed by atoms with E-state index in [1.54, 1.807) is 30.9 Å². The van der Waals surface area contributed by atoms with Gasteiger partial charge in [0.15, 0.2) is 17.1 Å². The molecule has 5 aromatic heterocycles. The number of halogens is 1. The van der Waals surface area contributed by atoms with Gasteiger partial charge in [0.2, 0.25) is 5.91 Å². The molecule has 4 N–H and O–H groups in total. The van der Waals surface area contributed by atoms with Gasteiger partial charge in [-0.2, -0.15) is 5.10 Å². The van der Waals surface area contributed by atoms with Gasteiger partial charge in [-0.05, 0) is 41.5 Å². The number of carbonyl (C=O) groups excluding carboxylic acids is 1. The van der Waals surface area contributed by atoms with Crippen LogP contribution in [0, 0.1) is 5.82 Å². The largest absolute Gasteiger partial charge is 0.508 e. The van der Waals surface area contributed by atoms with Crippen LogP contribution in [0.5, 0.6) is 5.75 Å². The van der Waals surface area contributed by atoms with E-state index >= 15 is 0 Å². The summed E-state index contributed by atoms with van der Waals surface area (Å²) in [5, 5.41) is 20.9. The lowest BCUT2D eigenvalue weighted by atomic mass is 10.1. The van der Waals surface area contributed by atoms with Crippen LogP contribution in [-0.2, 0) is 11.2 Å². The topological polar surface area (TPSA) is 145 Å². The molecule has 0 atom stereocenters.